The SMILES string of the molecule is COc1ccc(CN(C(=O)OC(C)(C)C)c2cc(C[C@H]3C(=O)N(C(=O)N4CCCC(C5CCCCCCC5)C4)[C@@H]3C(N)=O)ccn2)cc1. The van der Waals surface area contributed by atoms with Crippen LogP contribution in [0.1, 0.15) is 89.7 Å². The lowest BCUT2D eigenvalue weighted by molar-refractivity contribution is -0.157. The average Bonchev–Trinajstić information content (AvgIpc) is 3.04. The van der Waals surface area contributed by atoms with Crippen LogP contribution in [-0.2, 0) is 27.3 Å². The molecule has 0 bridgehead atoms. The molecule has 5 amide bonds. The molecule has 48 heavy (non-hydrogen) atoms. The number of urea groups is 1. The lowest BCUT2D eigenvalue weighted by Gasteiger charge is -2.47. The molecule has 2 saturated heterocycles. The fraction of sp³-hybridized carbons (Fsp3) is 0.595. The summed E-state index contributed by atoms with van der Waals surface area (Å²) in [4.78, 5) is 62.2. The van der Waals surface area contributed by atoms with Crippen LogP contribution in [0.2, 0.25) is 0 Å². The van der Waals surface area contributed by atoms with E-state index in [-0.39, 0.29) is 13.0 Å². The summed E-state index contributed by atoms with van der Waals surface area (Å²) in [5.41, 5.74) is 6.61. The maximum atomic E-state index is 13.7. The van der Waals surface area contributed by atoms with Crippen LogP contribution in [0.3, 0.4) is 0 Å². The number of anilines is 1. The second kappa shape index (κ2) is 15.4. The molecule has 0 spiro atoms. The number of rotatable bonds is 8. The normalized spacial score (nSPS) is 22.2. The number of methoxy groups -OCH3 is 1. The van der Waals surface area contributed by atoms with E-state index in [0.29, 0.717) is 42.1 Å². The summed E-state index contributed by atoms with van der Waals surface area (Å²) in [7, 11) is 1.59. The van der Waals surface area contributed by atoms with Crippen molar-refractivity contribution >= 4 is 29.8 Å². The maximum Gasteiger partial charge on any atom is 0.416 e. The Kier molecular flexibility index (Phi) is 11.3. The Morgan fingerprint density at radius 1 is 0.938 bits per heavy atom. The van der Waals surface area contributed by atoms with Crippen molar-refractivity contribution in [1.82, 2.24) is 14.8 Å². The van der Waals surface area contributed by atoms with Gasteiger partial charge in [0, 0.05) is 19.3 Å². The third-order valence-electron chi connectivity index (χ3n) is 9.91. The number of pyridine rings is 1. The van der Waals surface area contributed by atoms with Crippen LogP contribution in [-0.4, -0.2) is 70.6 Å². The Labute approximate surface area is 284 Å². The van der Waals surface area contributed by atoms with Crippen LogP contribution in [0, 0.1) is 17.8 Å². The van der Waals surface area contributed by atoms with E-state index in [9.17, 15) is 19.2 Å². The molecule has 2 N–H and O–H groups in total. The van der Waals surface area contributed by atoms with Crippen LogP contribution in [0.4, 0.5) is 15.4 Å². The standard InChI is InChI=1S/C37H51N5O6/c1-37(2,3)48-36(46)41(23-25-14-16-29(47-4)17-15-25)31-22-26(18-19-39-31)21-30-32(33(38)43)42(34(30)44)35(45)40-20-10-13-28(24-40)27-11-8-6-5-7-9-12-27/h14-19,22,27-28,30,32H,5-13,20-21,23-24H2,1-4H3,(H2,38,43)/t28?,30-,32+/m1/s1. The number of ether oxygens (including phenoxy) is 2. The van der Waals surface area contributed by atoms with Gasteiger partial charge in [0.15, 0.2) is 0 Å². The lowest BCUT2D eigenvalue weighted by Crippen LogP contribution is -2.70. The molecule has 2 aliphatic heterocycles. The molecule has 1 aromatic heterocycles. The number of aromatic nitrogens is 1. The van der Waals surface area contributed by atoms with Crippen LogP contribution < -0.4 is 15.4 Å². The third-order valence-corrected chi connectivity index (χ3v) is 9.91. The van der Waals surface area contributed by atoms with E-state index in [4.69, 9.17) is 15.2 Å². The summed E-state index contributed by atoms with van der Waals surface area (Å²) in [5, 5.41) is 0. The van der Waals surface area contributed by atoms with Gasteiger partial charge in [-0.25, -0.2) is 14.6 Å². The third kappa shape index (κ3) is 8.46. The van der Waals surface area contributed by atoms with E-state index in [2.05, 4.69) is 4.98 Å². The fourth-order valence-electron chi connectivity index (χ4n) is 7.43. The second-order valence-electron chi connectivity index (χ2n) is 14.5. The topological polar surface area (TPSA) is 135 Å². The molecule has 3 fully saturated rings. The first kappa shape index (κ1) is 35.2. The number of carbonyl (C=O) groups excluding carboxylic acids is 4. The lowest BCUT2D eigenvalue weighted by atomic mass is 9.78. The van der Waals surface area contributed by atoms with E-state index in [1.807, 2.05) is 24.3 Å². The van der Waals surface area contributed by atoms with Crippen LogP contribution >= 0.6 is 0 Å². The van der Waals surface area contributed by atoms with Gasteiger partial charge in [0.25, 0.3) is 0 Å². The number of likely N-dealkylation sites (tertiary alicyclic amines) is 2. The van der Waals surface area contributed by atoms with E-state index < -0.39 is 41.5 Å². The molecule has 11 heteroatoms. The molecule has 3 atom stereocenters. The molecule has 2 aromatic rings. The molecular weight excluding hydrogens is 610 g/mol. The molecule has 0 radical (unpaired) electrons. The Bertz CT molecular complexity index is 1450. The quantitative estimate of drug-likeness (QED) is 0.339. The molecule has 5 rings (SSSR count). The zero-order valence-corrected chi connectivity index (χ0v) is 28.9. The molecule has 1 aliphatic carbocycles. The van der Waals surface area contributed by atoms with Crippen LogP contribution in [0.25, 0.3) is 0 Å². The Hall–Kier alpha value is -4.15. The number of hydrogen-bond donors (Lipinski definition) is 1. The molecule has 260 valence electrons. The minimum absolute atomic E-state index is 0.168. The van der Waals surface area contributed by atoms with Crippen LogP contribution in [0.15, 0.2) is 42.6 Å². The molecule has 1 aromatic carbocycles. The number of imide groups is 1. The minimum atomic E-state index is -1.04. The van der Waals surface area contributed by atoms with Gasteiger partial charge in [-0.1, -0.05) is 57.1 Å². The number of hydrogen-bond acceptors (Lipinski definition) is 7. The van der Waals surface area contributed by atoms with Crippen molar-refractivity contribution in [3.63, 3.8) is 0 Å². The van der Waals surface area contributed by atoms with Gasteiger partial charge in [0.2, 0.25) is 11.8 Å². The Morgan fingerprint density at radius 2 is 1.60 bits per heavy atom. The highest BCUT2D eigenvalue weighted by molar-refractivity contribution is 6.08. The highest BCUT2D eigenvalue weighted by Gasteiger charge is 2.55. The van der Waals surface area contributed by atoms with E-state index in [0.717, 1.165) is 23.3 Å². The van der Waals surface area contributed by atoms with E-state index >= 15 is 0 Å². The molecule has 3 aliphatic rings. The number of piperidine rings is 1. The summed E-state index contributed by atoms with van der Waals surface area (Å²) in [6.45, 7) is 6.75. The number of nitrogens with zero attached hydrogens (tertiary/aromatic N) is 4. The van der Waals surface area contributed by atoms with Crippen LogP contribution in [0.5, 0.6) is 5.75 Å². The first-order valence-corrected chi connectivity index (χ1v) is 17.4. The first-order chi connectivity index (χ1) is 22.9. The van der Waals surface area contributed by atoms with Gasteiger partial charge in [0.05, 0.1) is 19.6 Å². The number of carbonyl (C=O) groups is 4. The number of β-lactam (4-membered cyclic amide) rings is 1. The van der Waals surface area contributed by atoms with Crippen molar-refractivity contribution in [2.24, 2.45) is 23.5 Å². The van der Waals surface area contributed by atoms with Gasteiger partial charge in [-0.2, -0.15) is 0 Å². The van der Waals surface area contributed by atoms with E-state index in [1.165, 1.54) is 49.8 Å². The zero-order chi connectivity index (χ0) is 34.4. The van der Waals surface area contributed by atoms with E-state index in [1.54, 1.807) is 51.1 Å². The molecule has 1 unspecified atom stereocenters. The molecule has 3 heterocycles. The molecular formula is C37H51N5O6. The van der Waals surface area contributed by atoms with Crippen molar-refractivity contribution in [1.29, 1.82) is 0 Å². The van der Waals surface area contributed by atoms with Crippen molar-refractivity contribution < 1.29 is 28.7 Å². The summed E-state index contributed by atoms with van der Waals surface area (Å²) in [5.74, 6) is 0.146. The first-order valence-electron chi connectivity index (χ1n) is 17.4. The predicted molar refractivity (Wildman–Crippen MR) is 182 cm³/mol. The summed E-state index contributed by atoms with van der Waals surface area (Å²) in [6, 6.07) is 9.35. The van der Waals surface area contributed by atoms with Gasteiger partial charge in [-0.05, 0) is 87.3 Å². The molecule has 1 saturated carbocycles. The summed E-state index contributed by atoms with van der Waals surface area (Å²) < 4.78 is 11.0. The Balaban J connectivity index is 1.30. The summed E-state index contributed by atoms with van der Waals surface area (Å²) >= 11 is 0. The maximum absolute atomic E-state index is 13.7. The van der Waals surface area contributed by atoms with Gasteiger partial charge in [0.1, 0.15) is 23.2 Å². The number of benzene rings is 1. The Morgan fingerprint density at radius 3 is 2.25 bits per heavy atom. The second-order valence-corrected chi connectivity index (χ2v) is 14.5. The zero-order valence-electron chi connectivity index (χ0n) is 28.9. The number of amides is 5. The highest BCUT2D eigenvalue weighted by Crippen LogP contribution is 2.36. The fourth-order valence-corrected chi connectivity index (χ4v) is 7.43. The average molecular weight is 662 g/mol. The minimum Gasteiger partial charge on any atom is -0.497 e. The van der Waals surface area contributed by atoms with Crippen molar-refractivity contribution in [3.05, 3.63) is 53.7 Å². The smallest absolute Gasteiger partial charge is 0.416 e. The predicted octanol–water partition coefficient (Wildman–Crippen LogP) is 6.08. The highest BCUT2D eigenvalue weighted by atomic mass is 16.6. The number of nitrogens with two attached hydrogens (primary N) is 1. The largest absolute Gasteiger partial charge is 0.497 e. The van der Waals surface area contributed by atoms with Crippen molar-refractivity contribution in [2.45, 2.75) is 103 Å². The van der Waals surface area contributed by atoms with Gasteiger partial charge < -0.3 is 20.1 Å². The monoisotopic (exact) mass is 661 g/mol. The van der Waals surface area contributed by atoms with Crippen molar-refractivity contribution in [2.75, 3.05) is 25.1 Å². The summed E-state index contributed by atoms with van der Waals surface area (Å²) in [6.07, 6.45) is 11.9. The number of primary amides is 1. The van der Waals surface area contributed by atoms with Gasteiger partial charge in [-0.15, -0.1) is 0 Å². The van der Waals surface area contributed by atoms with Gasteiger partial charge >= 0.3 is 12.1 Å². The van der Waals surface area contributed by atoms with Gasteiger partial charge in [-0.3, -0.25) is 19.4 Å². The molecule has 11 nitrogen and oxygen atoms in total. The van der Waals surface area contributed by atoms with Crippen molar-refractivity contribution in [3.8, 4) is 5.75 Å².